The van der Waals surface area contributed by atoms with Gasteiger partial charge < -0.3 is 9.64 Å². The lowest BCUT2D eigenvalue weighted by atomic mass is 10.0. The third-order valence-electron chi connectivity index (χ3n) is 2.90. The molecule has 19 heavy (non-hydrogen) atoms. The molecule has 2 rings (SSSR count). The zero-order chi connectivity index (χ0) is 14.2. The topological polar surface area (TPSA) is 42.4 Å². The Labute approximate surface area is 122 Å². The van der Waals surface area contributed by atoms with E-state index in [1.807, 2.05) is 20.8 Å². The Morgan fingerprint density at radius 2 is 2.16 bits per heavy atom. The van der Waals surface area contributed by atoms with Crippen LogP contribution in [0.5, 0.6) is 0 Å². The molecule has 1 atom stereocenters. The van der Waals surface area contributed by atoms with Gasteiger partial charge in [-0.25, -0.2) is 4.98 Å². The number of carbonyl (C=O) groups is 1. The summed E-state index contributed by atoms with van der Waals surface area (Å²) in [6.07, 6.45) is -0.00765. The first-order valence-electron chi connectivity index (χ1n) is 6.08. The fraction of sp³-hybridized carbons (Fsp3) is 0.538. The molecule has 2 heterocycles. The Balaban J connectivity index is 2.24. The number of morpholine rings is 1. The molecule has 1 unspecified atom stereocenters. The van der Waals surface area contributed by atoms with Crippen molar-refractivity contribution < 1.29 is 9.53 Å². The van der Waals surface area contributed by atoms with Crippen LogP contribution < -0.4 is 0 Å². The molecule has 1 aliphatic rings. The lowest BCUT2D eigenvalue weighted by Gasteiger charge is -2.41. The first kappa shape index (κ1) is 14.6. The van der Waals surface area contributed by atoms with Crippen molar-refractivity contribution in [3.8, 4) is 0 Å². The van der Waals surface area contributed by atoms with Crippen molar-refractivity contribution in [3.63, 3.8) is 0 Å². The predicted molar refractivity (Wildman–Crippen MR) is 74.8 cm³/mol. The zero-order valence-corrected chi connectivity index (χ0v) is 12.6. The molecule has 0 bridgehead atoms. The third kappa shape index (κ3) is 3.38. The molecule has 104 valence electrons. The molecule has 0 aliphatic carbocycles. The molecular formula is C13H16Cl2N2O2. The van der Waals surface area contributed by atoms with E-state index in [1.165, 1.54) is 0 Å². The van der Waals surface area contributed by atoms with Crippen LogP contribution in [0.15, 0.2) is 12.1 Å². The van der Waals surface area contributed by atoms with Crippen LogP contribution in [0.1, 0.15) is 31.1 Å². The number of hydrogen-bond donors (Lipinski definition) is 0. The molecule has 6 heteroatoms. The van der Waals surface area contributed by atoms with Gasteiger partial charge in [-0.3, -0.25) is 4.79 Å². The Bertz CT molecular complexity index is 505. The van der Waals surface area contributed by atoms with E-state index in [0.29, 0.717) is 18.7 Å². The van der Waals surface area contributed by atoms with E-state index < -0.39 is 0 Å². The fourth-order valence-electron chi connectivity index (χ4n) is 2.35. The highest BCUT2D eigenvalue weighted by Crippen LogP contribution is 2.24. The van der Waals surface area contributed by atoms with Crippen LogP contribution >= 0.6 is 23.2 Å². The van der Waals surface area contributed by atoms with Crippen LogP contribution in [0, 0.1) is 0 Å². The lowest BCUT2D eigenvalue weighted by Crippen LogP contribution is -2.53. The highest BCUT2D eigenvalue weighted by molar-refractivity contribution is 6.34. The summed E-state index contributed by atoms with van der Waals surface area (Å²) in [4.78, 5) is 18.1. The van der Waals surface area contributed by atoms with Gasteiger partial charge in [-0.2, -0.15) is 0 Å². The van der Waals surface area contributed by atoms with Crippen molar-refractivity contribution in [2.75, 3.05) is 13.1 Å². The van der Waals surface area contributed by atoms with E-state index in [9.17, 15) is 4.79 Å². The third-order valence-corrected chi connectivity index (χ3v) is 3.40. The Morgan fingerprint density at radius 1 is 1.47 bits per heavy atom. The Kier molecular flexibility index (Phi) is 4.04. The number of aromatic nitrogens is 1. The van der Waals surface area contributed by atoms with Crippen molar-refractivity contribution in [1.29, 1.82) is 0 Å². The second-order valence-electron chi connectivity index (χ2n) is 5.35. The molecule has 0 saturated carbocycles. The van der Waals surface area contributed by atoms with E-state index in [0.717, 1.165) is 0 Å². The molecule has 1 saturated heterocycles. The summed E-state index contributed by atoms with van der Waals surface area (Å²) < 4.78 is 5.78. The average molecular weight is 303 g/mol. The van der Waals surface area contributed by atoms with Gasteiger partial charge in [0.2, 0.25) is 0 Å². The second kappa shape index (κ2) is 5.27. The SMILES string of the molecule is CC1CN(C(=O)c2ccc(Cl)nc2Cl)CC(C)(C)O1. The van der Waals surface area contributed by atoms with E-state index in [-0.39, 0.29) is 27.9 Å². The van der Waals surface area contributed by atoms with Gasteiger partial charge in [0.15, 0.2) is 0 Å². The van der Waals surface area contributed by atoms with Crippen LogP contribution in [0.3, 0.4) is 0 Å². The van der Waals surface area contributed by atoms with Crippen molar-refractivity contribution in [2.45, 2.75) is 32.5 Å². The lowest BCUT2D eigenvalue weighted by molar-refractivity contribution is -0.118. The van der Waals surface area contributed by atoms with E-state index in [1.54, 1.807) is 17.0 Å². The van der Waals surface area contributed by atoms with Crippen molar-refractivity contribution >= 4 is 29.1 Å². The van der Waals surface area contributed by atoms with Crippen molar-refractivity contribution in [2.24, 2.45) is 0 Å². The molecular weight excluding hydrogens is 287 g/mol. The summed E-state index contributed by atoms with van der Waals surface area (Å²) >= 11 is 11.7. The molecule has 1 aliphatic heterocycles. The van der Waals surface area contributed by atoms with Crippen LogP contribution in [-0.2, 0) is 4.74 Å². The van der Waals surface area contributed by atoms with E-state index in [4.69, 9.17) is 27.9 Å². The predicted octanol–water partition coefficient (Wildman–Crippen LogP) is 3.03. The number of pyridine rings is 1. The first-order valence-corrected chi connectivity index (χ1v) is 6.83. The molecule has 0 spiro atoms. The monoisotopic (exact) mass is 302 g/mol. The van der Waals surface area contributed by atoms with Crippen LogP contribution in [0.25, 0.3) is 0 Å². The average Bonchev–Trinajstić information content (AvgIpc) is 2.25. The number of halogens is 2. The summed E-state index contributed by atoms with van der Waals surface area (Å²) in [5, 5.41) is 0.409. The highest BCUT2D eigenvalue weighted by Gasteiger charge is 2.34. The maximum absolute atomic E-state index is 12.5. The number of nitrogens with zero attached hydrogens (tertiary/aromatic N) is 2. The van der Waals surface area contributed by atoms with Gasteiger partial charge in [-0.15, -0.1) is 0 Å². The van der Waals surface area contributed by atoms with Crippen LogP contribution in [-0.4, -0.2) is 40.6 Å². The molecule has 1 aromatic heterocycles. The number of rotatable bonds is 1. The van der Waals surface area contributed by atoms with Crippen molar-refractivity contribution in [3.05, 3.63) is 28.0 Å². The molecule has 1 aromatic rings. The summed E-state index contributed by atoms with van der Waals surface area (Å²) in [5.74, 6) is -0.141. The van der Waals surface area contributed by atoms with Gasteiger partial charge in [0.05, 0.1) is 17.3 Å². The fourth-order valence-corrected chi connectivity index (χ4v) is 2.78. The normalized spacial score (nSPS) is 22.4. The number of carbonyl (C=O) groups excluding carboxylic acids is 1. The maximum atomic E-state index is 12.5. The summed E-state index contributed by atoms with van der Waals surface area (Å²) in [6.45, 7) is 6.94. The molecule has 4 nitrogen and oxygen atoms in total. The first-order chi connectivity index (χ1) is 8.78. The minimum absolute atomic E-state index is 0.00765. The molecule has 0 N–H and O–H groups in total. The summed E-state index contributed by atoms with van der Waals surface area (Å²) in [5.41, 5.74) is 0.00981. The van der Waals surface area contributed by atoms with Gasteiger partial charge in [0, 0.05) is 13.1 Å². The number of hydrogen-bond acceptors (Lipinski definition) is 3. The second-order valence-corrected chi connectivity index (χ2v) is 6.09. The Morgan fingerprint density at radius 3 is 2.74 bits per heavy atom. The highest BCUT2D eigenvalue weighted by atomic mass is 35.5. The standard InChI is InChI=1S/C13H16Cl2N2O2/c1-8-6-17(7-13(2,3)19-8)12(18)9-4-5-10(14)16-11(9)15/h4-5,8H,6-7H2,1-3H3. The van der Waals surface area contributed by atoms with E-state index >= 15 is 0 Å². The minimum atomic E-state index is -0.361. The van der Waals surface area contributed by atoms with Gasteiger partial charge in [-0.05, 0) is 32.9 Å². The van der Waals surface area contributed by atoms with Gasteiger partial charge in [-0.1, -0.05) is 23.2 Å². The largest absolute Gasteiger partial charge is 0.369 e. The Hall–Kier alpha value is -0.840. The summed E-state index contributed by atoms with van der Waals surface area (Å²) in [6, 6.07) is 3.17. The molecule has 1 amide bonds. The smallest absolute Gasteiger partial charge is 0.257 e. The van der Waals surface area contributed by atoms with Crippen LogP contribution in [0.4, 0.5) is 0 Å². The molecule has 0 radical (unpaired) electrons. The van der Waals surface area contributed by atoms with Gasteiger partial charge in [0.25, 0.3) is 5.91 Å². The zero-order valence-electron chi connectivity index (χ0n) is 11.1. The maximum Gasteiger partial charge on any atom is 0.257 e. The van der Waals surface area contributed by atoms with Crippen molar-refractivity contribution in [1.82, 2.24) is 9.88 Å². The molecule has 0 aromatic carbocycles. The van der Waals surface area contributed by atoms with Gasteiger partial charge in [0.1, 0.15) is 10.3 Å². The van der Waals surface area contributed by atoms with E-state index in [2.05, 4.69) is 4.98 Å². The van der Waals surface area contributed by atoms with Gasteiger partial charge >= 0.3 is 0 Å². The molecule has 1 fully saturated rings. The quantitative estimate of drug-likeness (QED) is 0.749. The minimum Gasteiger partial charge on any atom is -0.369 e. The number of ether oxygens (including phenoxy) is 1. The summed E-state index contributed by atoms with van der Waals surface area (Å²) in [7, 11) is 0. The number of amides is 1. The van der Waals surface area contributed by atoms with Crippen LogP contribution in [0.2, 0.25) is 10.3 Å².